The molecule has 1 heterocycles. The Morgan fingerprint density at radius 1 is 1.04 bits per heavy atom. The van der Waals surface area contributed by atoms with E-state index in [0.717, 1.165) is 5.56 Å². The molecular formula is C20H26N2O4S2. The van der Waals surface area contributed by atoms with Crippen LogP contribution in [0.15, 0.2) is 46.2 Å². The second-order valence-electron chi connectivity index (χ2n) is 8.42. The molecule has 0 aromatic heterocycles. The summed E-state index contributed by atoms with van der Waals surface area (Å²) in [6, 6.07) is 9.55. The van der Waals surface area contributed by atoms with E-state index < -0.39 is 20.0 Å². The SMILES string of the molecule is Cc1ccc(C(C)(C)C)cc1S(=O)(=O)N1c2ccc(S(N)(=O)=O)cc2CC1C. The van der Waals surface area contributed by atoms with Gasteiger partial charge >= 0.3 is 0 Å². The van der Waals surface area contributed by atoms with Crippen molar-refractivity contribution in [2.24, 2.45) is 5.14 Å². The summed E-state index contributed by atoms with van der Waals surface area (Å²) in [5.74, 6) is 0. The Labute approximate surface area is 167 Å². The summed E-state index contributed by atoms with van der Waals surface area (Å²) in [6.07, 6.45) is 0.427. The predicted octanol–water partition coefficient (Wildman–Crippen LogP) is 3.08. The minimum Gasteiger partial charge on any atom is -0.263 e. The first-order chi connectivity index (χ1) is 12.7. The summed E-state index contributed by atoms with van der Waals surface area (Å²) in [7, 11) is -7.65. The molecule has 0 aliphatic carbocycles. The number of sulfonamides is 2. The molecule has 2 aromatic rings. The van der Waals surface area contributed by atoms with Gasteiger partial charge in [-0.3, -0.25) is 4.31 Å². The largest absolute Gasteiger partial charge is 0.264 e. The zero-order chi connectivity index (χ0) is 21.1. The summed E-state index contributed by atoms with van der Waals surface area (Å²) in [4.78, 5) is 0.263. The van der Waals surface area contributed by atoms with Crippen LogP contribution in [-0.2, 0) is 31.9 Å². The number of nitrogens with zero attached hydrogens (tertiary/aromatic N) is 1. The summed E-state index contributed by atoms with van der Waals surface area (Å²) in [5.41, 5.74) is 2.59. The molecule has 2 N–H and O–H groups in total. The Kier molecular flexibility index (Phi) is 4.89. The number of rotatable bonds is 3. The van der Waals surface area contributed by atoms with Gasteiger partial charge in [-0.1, -0.05) is 32.9 Å². The molecule has 8 heteroatoms. The first-order valence-electron chi connectivity index (χ1n) is 9.04. The van der Waals surface area contributed by atoms with Crippen molar-refractivity contribution < 1.29 is 16.8 Å². The Morgan fingerprint density at radius 3 is 2.25 bits per heavy atom. The zero-order valence-corrected chi connectivity index (χ0v) is 18.4. The van der Waals surface area contributed by atoms with Crippen LogP contribution in [0.2, 0.25) is 0 Å². The van der Waals surface area contributed by atoms with Gasteiger partial charge in [-0.25, -0.2) is 22.0 Å². The smallest absolute Gasteiger partial charge is 0.263 e. The molecule has 2 aromatic carbocycles. The maximum absolute atomic E-state index is 13.6. The molecule has 152 valence electrons. The van der Waals surface area contributed by atoms with Crippen LogP contribution >= 0.6 is 0 Å². The minimum atomic E-state index is -3.84. The van der Waals surface area contributed by atoms with Gasteiger partial charge in [0.25, 0.3) is 10.0 Å². The van der Waals surface area contributed by atoms with Gasteiger partial charge in [0.1, 0.15) is 0 Å². The van der Waals surface area contributed by atoms with Crippen LogP contribution in [0.5, 0.6) is 0 Å². The monoisotopic (exact) mass is 422 g/mol. The van der Waals surface area contributed by atoms with Crippen LogP contribution in [0.1, 0.15) is 44.4 Å². The lowest BCUT2D eigenvalue weighted by Gasteiger charge is -2.27. The number of fused-ring (bicyclic) bond motifs is 1. The van der Waals surface area contributed by atoms with Gasteiger partial charge in [-0.05, 0) is 66.6 Å². The number of aryl methyl sites for hydroxylation is 1. The number of hydrogen-bond acceptors (Lipinski definition) is 4. The zero-order valence-electron chi connectivity index (χ0n) is 16.7. The van der Waals surface area contributed by atoms with Gasteiger partial charge in [0.05, 0.1) is 15.5 Å². The van der Waals surface area contributed by atoms with Crippen LogP contribution in [0.25, 0.3) is 0 Å². The Bertz CT molecular complexity index is 1150. The van der Waals surface area contributed by atoms with E-state index in [2.05, 4.69) is 0 Å². The van der Waals surface area contributed by atoms with Gasteiger partial charge in [0.15, 0.2) is 0 Å². The van der Waals surface area contributed by atoms with Gasteiger partial charge in [0, 0.05) is 6.04 Å². The topological polar surface area (TPSA) is 97.5 Å². The summed E-state index contributed by atoms with van der Waals surface area (Å²) in [5, 5.41) is 5.21. The first-order valence-corrected chi connectivity index (χ1v) is 12.0. The number of hydrogen-bond donors (Lipinski definition) is 1. The fourth-order valence-corrected chi connectivity index (χ4v) is 6.09. The third-order valence-electron chi connectivity index (χ3n) is 5.12. The Hall–Kier alpha value is -1.90. The highest BCUT2D eigenvalue weighted by Gasteiger charge is 2.37. The van der Waals surface area contributed by atoms with Crippen LogP contribution in [-0.4, -0.2) is 22.9 Å². The van der Waals surface area contributed by atoms with Crippen molar-refractivity contribution in [3.05, 3.63) is 53.1 Å². The van der Waals surface area contributed by atoms with E-state index >= 15 is 0 Å². The van der Waals surface area contributed by atoms with Gasteiger partial charge in [-0.15, -0.1) is 0 Å². The van der Waals surface area contributed by atoms with E-state index in [1.54, 1.807) is 13.0 Å². The number of benzene rings is 2. The van der Waals surface area contributed by atoms with Crippen LogP contribution in [0, 0.1) is 6.92 Å². The van der Waals surface area contributed by atoms with Crippen molar-refractivity contribution in [3.8, 4) is 0 Å². The number of primary sulfonamides is 1. The van der Waals surface area contributed by atoms with E-state index in [-0.39, 0.29) is 21.2 Å². The molecule has 0 bridgehead atoms. The third kappa shape index (κ3) is 3.56. The Balaban J connectivity index is 2.15. The lowest BCUT2D eigenvalue weighted by molar-refractivity contribution is 0.577. The maximum atomic E-state index is 13.6. The standard InChI is InChI=1S/C20H26N2O4S2/c1-13-6-7-16(20(3,4)5)12-19(13)28(25,26)22-14(2)10-15-11-17(27(21,23)24)8-9-18(15)22/h6-9,11-12,14H,10H2,1-5H3,(H2,21,23,24). The fourth-order valence-electron chi connectivity index (χ4n) is 3.57. The second kappa shape index (κ2) is 6.57. The van der Waals surface area contributed by atoms with Crippen LogP contribution in [0.3, 0.4) is 0 Å². The molecule has 1 atom stereocenters. The normalized spacial score (nSPS) is 17.6. The molecule has 6 nitrogen and oxygen atoms in total. The van der Waals surface area contributed by atoms with E-state index in [0.29, 0.717) is 23.2 Å². The molecular weight excluding hydrogens is 396 g/mol. The number of nitrogens with two attached hydrogens (primary N) is 1. The molecule has 28 heavy (non-hydrogen) atoms. The molecule has 0 spiro atoms. The van der Waals surface area contributed by atoms with Crippen LogP contribution < -0.4 is 9.44 Å². The molecule has 3 rings (SSSR count). The summed E-state index contributed by atoms with van der Waals surface area (Å²) >= 11 is 0. The molecule has 1 unspecified atom stereocenters. The highest BCUT2D eigenvalue weighted by atomic mass is 32.2. The van der Waals surface area contributed by atoms with Gasteiger partial charge in [0.2, 0.25) is 10.0 Å². The lowest BCUT2D eigenvalue weighted by Crippen LogP contribution is -2.36. The fraction of sp³-hybridized carbons (Fsp3) is 0.400. The second-order valence-corrected chi connectivity index (χ2v) is 11.8. The average molecular weight is 423 g/mol. The van der Waals surface area contributed by atoms with E-state index in [9.17, 15) is 16.8 Å². The number of anilines is 1. The molecule has 0 amide bonds. The maximum Gasteiger partial charge on any atom is 0.264 e. The van der Waals surface area contributed by atoms with Crippen molar-refractivity contribution >= 4 is 25.7 Å². The predicted molar refractivity (Wildman–Crippen MR) is 111 cm³/mol. The molecule has 0 radical (unpaired) electrons. The molecule has 0 saturated heterocycles. The molecule has 1 aliphatic rings. The van der Waals surface area contributed by atoms with Crippen molar-refractivity contribution in [1.82, 2.24) is 0 Å². The van der Waals surface area contributed by atoms with Gasteiger partial charge in [-0.2, -0.15) is 0 Å². The van der Waals surface area contributed by atoms with Crippen molar-refractivity contribution in [3.63, 3.8) is 0 Å². The molecule has 0 saturated carbocycles. The van der Waals surface area contributed by atoms with Crippen molar-refractivity contribution in [2.75, 3.05) is 4.31 Å². The third-order valence-corrected chi connectivity index (χ3v) is 8.10. The van der Waals surface area contributed by atoms with Crippen molar-refractivity contribution in [2.45, 2.75) is 62.3 Å². The van der Waals surface area contributed by atoms with E-state index in [1.807, 2.05) is 39.8 Å². The average Bonchev–Trinajstić information content (AvgIpc) is 2.88. The Morgan fingerprint density at radius 2 is 1.68 bits per heavy atom. The van der Waals surface area contributed by atoms with Gasteiger partial charge < -0.3 is 0 Å². The molecule has 1 aliphatic heterocycles. The summed E-state index contributed by atoms with van der Waals surface area (Å²) < 4.78 is 51.8. The summed E-state index contributed by atoms with van der Waals surface area (Å²) in [6.45, 7) is 9.71. The minimum absolute atomic E-state index is 0.0105. The van der Waals surface area contributed by atoms with Crippen LogP contribution in [0.4, 0.5) is 5.69 Å². The highest BCUT2D eigenvalue weighted by molar-refractivity contribution is 7.93. The first kappa shape index (κ1) is 20.8. The quantitative estimate of drug-likeness (QED) is 0.822. The highest BCUT2D eigenvalue weighted by Crippen LogP contribution is 2.39. The van der Waals surface area contributed by atoms with E-state index in [1.165, 1.54) is 22.5 Å². The van der Waals surface area contributed by atoms with E-state index in [4.69, 9.17) is 5.14 Å². The molecule has 0 fully saturated rings. The van der Waals surface area contributed by atoms with Crippen molar-refractivity contribution in [1.29, 1.82) is 0 Å². The lowest BCUT2D eigenvalue weighted by atomic mass is 9.87.